The Morgan fingerprint density at radius 1 is 0.897 bits per heavy atom. The van der Waals surface area contributed by atoms with E-state index in [0.717, 1.165) is 27.9 Å². The quantitative estimate of drug-likeness (QED) is 0.652. The van der Waals surface area contributed by atoms with E-state index in [0.29, 0.717) is 25.9 Å². The van der Waals surface area contributed by atoms with Crippen molar-refractivity contribution in [1.82, 2.24) is 4.90 Å². The second-order valence-corrected chi connectivity index (χ2v) is 7.68. The zero-order valence-corrected chi connectivity index (χ0v) is 16.6. The second kappa shape index (κ2) is 8.10. The van der Waals surface area contributed by atoms with E-state index in [4.69, 9.17) is 0 Å². The molecular weight excluding hydrogens is 360 g/mol. The average Bonchev–Trinajstić information content (AvgIpc) is 2.75. The van der Waals surface area contributed by atoms with Crippen molar-refractivity contribution in [2.45, 2.75) is 25.4 Å². The molecule has 0 unspecified atom stereocenters. The minimum Gasteiger partial charge on any atom is -0.385 e. The number of urea groups is 1. The van der Waals surface area contributed by atoms with Crippen molar-refractivity contribution >= 4 is 11.7 Å². The third-order valence-corrected chi connectivity index (χ3v) is 5.78. The maximum atomic E-state index is 12.9. The number of para-hydroxylation sites is 1. The number of aryl methyl sites for hydroxylation is 1. The van der Waals surface area contributed by atoms with E-state index in [1.807, 2.05) is 85.8 Å². The number of carbonyl (C=O) groups is 1. The van der Waals surface area contributed by atoms with Crippen molar-refractivity contribution in [2.75, 3.05) is 18.4 Å². The Kier molecular flexibility index (Phi) is 5.36. The molecule has 0 aromatic heterocycles. The van der Waals surface area contributed by atoms with Crippen LogP contribution in [-0.4, -0.2) is 29.1 Å². The molecule has 4 rings (SSSR count). The predicted octanol–water partition coefficient (Wildman–Crippen LogP) is 5.18. The lowest BCUT2D eigenvalue weighted by molar-refractivity contribution is -0.0161. The number of rotatable bonds is 3. The van der Waals surface area contributed by atoms with Gasteiger partial charge in [0.25, 0.3) is 0 Å². The maximum Gasteiger partial charge on any atom is 0.321 e. The molecule has 2 amide bonds. The summed E-state index contributed by atoms with van der Waals surface area (Å²) in [5, 5.41) is 14.2. The van der Waals surface area contributed by atoms with Gasteiger partial charge in [-0.3, -0.25) is 0 Å². The number of amides is 2. The average molecular weight is 386 g/mol. The molecule has 0 radical (unpaired) electrons. The summed E-state index contributed by atoms with van der Waals surface area (Å²) in [6, 6.07) is 25.7. The van der Waals surface area contributed by atoms with Crippen LogP contribution >= 0.6 is 0 Å². The van der Waals surface area contributed by atoms with Crippen molar-refractivity contribution < 1.29 is 9.90 Å². The van der Waals surface area contributed by atoms with Gasteiger partial charge in [-0.05, 0) is 42.5 Å². The minimum absolute atomic E-state index is 0.125. The van der Waals surface area contributed by atoms with Gasteiger partial charge in [-0.15, -0.1) is 0 Å². The number of aliphatic hydroxyl groups is 1. The first-order valence-corrected chi connectivity index (χ1v) is 10.1. The van der Waals surface area contributed by atoms with Gasteiger partial charge in [0.1, 0.15) is 0 Å². The van der Waals surface area contributed by atoms with E-state index in [1.54, 1.807) is 4.90 Å². The van der Waals surface area contributed by atoms with Gasteiger partial charge in [-0.25, -0.2) is 4.79 Å². The summed E-state index contributed by atoms with van der Waals surface area (Å²) in [6.07, 6.45) is 1.07. The highest BCUT2D eigenvalue weighted by atomic mass is 16.3. The van der Waals surface area contributed by atoms with Gasteiger partial charge in [0, 0.05) is 18.7 Å². The van der Waals surface area contributed by atoms with Gasteiger partial charge in [-0.2, -0.15) is 0 Å². The van der Waals surface area contributed by atoms with Crippen LogP contribution in [0.3, 0.4) is 0 Å². The third-order valence-electron chi connectivity index (χ3n) is 5.78. The molecule has 0 bridgehead atoms. The Morgan fingerprint density at radius 3 is 2.24 bits per heavy atom. The van der Waals surface area contributed by atoms with Crippen LogP contribution < -0.4 is 5.32 Å². The molecule has 1 saturated heterocycles. The summed E-state index contributed by atoms with van der Waals surface area (Å²) in [5.41, 5.74) is 4.04. The Hall–Kier alpha value is -3.11. The summed E-state index contributed by atoms with van der Waals surface area (Å²) < 4.78 is 0. The van der Waals surface area contributed by atoms with E-state index in [9.17, 15) is 9.90 Å². The molecule has 4 heteroatoms. The molecule has 0 aliphatic carbocycles. The monoisotopic (exact) mass is 386 g/mol. The molecule has 29 heavy (non-hydrogen) atoms. The highest BCUT2D eigenvalue weighted by molar-refractivity contribution is 5.94. The van der Waals surface area contributed by atoms with Crippen molar-refractivity contribution in [3.05, 3.63) is 90.0 Å². The first-order valence-electron chi connectivity index (χ1n) is 10.1. The SMILES string of the molecule is Cc1ccccc1C1(O)CCN(C(=O)Nc2ccccc2-c2ccccc2)CC1. The summed E-state index contributed by atoms with van der Waals surface area (Å²) in [4.78, 5) is 14.7. The summed E-state index contributed by atoms with van der Waals surface area (Å²) in [7, 11) is 0. The first kappa shape index (κ1) is 19.2. The lowest BCUT2D eigenvalue weighted by Crippen LogP contribution is -2.47. The van der Waals surface area contributed by atoms with Gasteiger partial charge in [0.2, 0.25) is 0 Å². The Labute approximate surface area is 171 Å². The van der Waals surface area contributed by atoms with Crippen molar-refractivity contribution in [3.63, 3.8) is 0 Å². The molecule has 1 aliphatic rings. The van der Waals surface area contributed by atoms with Crippen LogP contribution in [0.5, 0.6) is 0 Å². The third kappa shape index (κ3) is 4.03. The van der Waals surface area contributed by atoms with E-state index < -0.39 is 5.60 Å². The van der Waals surface area contributed by atoms with E-state index >= 15 is 0 Å². The molecule has 1 aliphatic heterocycles. The number of hydrogen-bond acceptors (Lipinski definition) is 2. The molecular formula is C25H26N2O2. The van der Waals surface area contributed by atoms with Crippen LogP contribution in [0, 0.1) is 6.92 Å². The largest absolute Gasteiger partial charge is 0.385 e. The highest BCUT2D eigenvalue weighted by Gasteiger charge is 2.36. The van der Waals surface area contributed by atoms with Crippen LogP contribution in [-0.2, 0) is 5.60 Å². The van der Waals surface area contributed by atoms with Crippen molar-refractivity contribution in [1.29, 1.82) is 0 Å². The molecule has 0 spiro atoms. The molecule has 3 aromatic rings. The zero-order chi connectivity index (χ0) is 20.3. The summed E-state index contributed by atoms with van der Waals surface area (Å²) >= 11 is 0. The number of carbonyl (C=O) groups excluding carboxylic acids is 1. The molecule has 1 fully saturated rings. The number of hydrogen-bond donors (Lipinski definition) is 2. The van der Waals surface area contributed by atoms with Gasteiger partial charge in [0.05, 0.1) is 11.3 Å². The summed E-state index contributed by atoms with van der Waals surface area (Å²) in [5.74, 6) is 0. The second-order valence-electron chi connectivity index (χ2n) is 7.68. The van der Waals surface area contributed by atoms with Crippen molar-refractivity contribution in [2.24, 2.45) is 0 Å². The number of nitrogens with zero attached hydrogens (tertiary/aromatic N) is 1. The fourth-order valence-corrected chi connectivity index (χ4v) is 4.10. The van der Waals surface area contributed by atoms with Gasteiger partial charge in [0.15, 0.2) is 0 Å². The molecule has 3 aromatic carbocycles. The standard InChI is InChI=1S/C25H26N2O2/c1-19-9-5-7-13-22(19)25(29)15-17-27(18-16-25)24(28)26-23-14-8-6-12-21(23)20-10-3-2-4-11-20/h2-14,29H,15-18H2,1H3,(H,26,28). The lowest BCUT2D eigenvalue weighted by Gasteiger charge is -2.39. The fraction of sp³-hybridized carbons (Fsp3) is 0.240. The Bertz CT molecular complexity index is 992. The molecule has 148 valence electrons. The highest BCUT2D eigenvalue weighted by Crippen LogP contribution is 2.35. The van der Waals surface area contributed by atoms with Gasteiger partial charge < -0.3 is 15.3 Å². The van der Waals surface area contributed by atoms with Crippen LogP contribution in [0.15, 0.2) is 78.9 Å². The number of benzene rings is 3. The molecule has 1 heterocycles. The topological polar surface area (TPSA) is 52.6 Å². The maximum absolute atomic E-state index is 12.9. The molecule has 2 N–H and O–H groups in total. The number of nitrogens with one attached hydrogen (secondary N) is 1. The smallest absolute Gasteiger partial charge is 0.321 e. The van der Waals surface area contributed by atoms with E-state index in [2.05, 4.69) is 5.32 Å². The van der Waals surface area contributed by atoms with Crippen LogP contribution in [0.25, 0.3) is 11.1 Å². The first-order chi connectivity index (χ1) is 14.1. The van der Waals surface area contributed by atoms with Gasteiger partial charge >= 0.3 is 6.03 Å². The molecule has 4 nitrogen and oxygen atoms in total. The van der Waals surface area contributed by atoms with Crippen molar-refractivity contribution in [3.8, 4) is 11.1 Å². The number of piperidine rings is 1. The normalized spacial score (nSPS) is 15.7. The summed E-state index contributed by atoms with van der Waals surface area (Å²) in [6.45, 7) is 3.06. The van der Waals surface area contributed by atoms with Crippen LogP contribution in [0.2, 0.25) is 0 Å². The Morgan fingerprint density at radius 2 is 1.52 bits per heavy atom. The zero-order valence-electron chi connectivity index (χ0n) is 16.6. The molecule has 0 atom stereocenters. The minimum atomic E-state index is -0.871. The van der Waals surface area contributed by atoms with Gasteiger partial charge in [-0.1, -0.05) is 72.8 Å². The lowest BCUT2D eigenvalue weighted by atomic mass is 9.82. The predicted molar refractivity (Wildman–Crippen MR) is 117 cm³/mol. The van der Waals surface area contributed by atoms with Crippen LogP contribution in [0.1, 0.15) is 24.0 Å². The number of anilines is 1. The van der Waals surface area contributed by atoms with Crippen LogP contribution in [0.4, 0.5) is 10.5 Å². The Balaban J connectivity index is 1.46. The molecule has 0 saturated carbocycles. The number of likely N-dealkylation sites (tertiary alicyclic amines) is 1. The van der Waals surface area contributed by atoms with E-state index in [1.165, 1.54) is 0 Å². The fourth-order valence-electron chi connectivity index (χ4n) is 4.10. The van der Waals surface area contributed by atoms with E-state index in [-0.39, 0.29) is 6.03 Å².